The average Bonchev–Trinajstić information content (AvgIpc) is 3.05. The van der Waals surface area contributed by atoms with Gasteiger partial charge in [-0.2, -0.15) is 5.10 Å². The number of hydrogen-bond donors (Lipinski definition) is 1. The molecule has 0 aliphatic heterocycles. The first-order valence-corrected chi connectivity index (χ1v) is 8.42. The number of nitrogens with one attached hydrogen (secondary N) is 1. The summed E-state index contributed by atoms with van der Waals surface area (Å²) in [7, 11) is 0. The lowest BCUT2D eigenvalue weighted by atomic mass is 10.2. The molecule has 0 bridgehead atoms. The topological polar surface area (TPSA) is 77.1 Å². The fourth-order valence-corrected chi connectivity index (χ4v) is 3.08. The first-order valence-electron chi connectivity index (χ1n) is 8.04. The zero-order valence-electron chi connectivity index (χ0n) is 13.6. The molecular weight excluding hydrogens is 354 g/mol. The van der Waals surface area contributed by atoms with Crippen molar-refractivity contribution >= 4 is 45.1 Å². The summed E-state index contributed by atoms with van der Waals surface area (Å²) in [6.45, 7) is 0.337. The Morgan fingerprint density at radius 2 is 2.00 bits per heavy atom. The van der Waals surface area contributed by atoms with E-state index in [4.69, 9.17) is 16.0 Å². The van der Waals surface area contributed by atoms with Gasteiger partial charge in [0.1, 0.15) is 11.0 Å². The number of carbonyl (C=O) groups is 1. The normalized spacial score (nSPS) is 11.1. The van der Waals surface area contributed by atoms with Crippen LogP contribution in [-0.2, 0) is 11.3 Å². The van der Waals surface area contributed by atoms with E-state index in [1.807, 2.05) is 12.1 Å². The van der Waals surface area contributed by atoms with Gasteiger partial charge in [-0.25, -0.2) is 4.79 Å². The van der Waals surface area contributed by atoms with Gasteiger partial charge >= 0.3 is 5.63 Å². The molecule has 0 fully saturated rings. The van der Waals surface area contributed by atoms with Gasteiger partial charge in [0.15, 0.2) is 0 Å². The molecule has 4 rings (SSSR count). The highest BCUT2D eigenvalue weighted by Crippen LogP contribution is 2.22. The molecule has 2 heterocycles. The largest absolute Gasteiger partial charge is 0.422 e. The van der Waals surface area contributed by atoms with E-state index < -0.39 is 5.63 Å². The number of aryl methyl sites for hydroxylation is 1. The number of nitrogens with zero attached hydrogens (tertiary/aromatic N) is 2. The van der Waals surface area contributed by atoms with Crippen LogP contribution in [0.3, 0.4) is 0 Å². The van der Waals surface area contributed by atoms with E-state index in [9.17, 15) is 9.59 Å². The number of para-hydroxylation sites is 1. The number of carbonyl (C=O) groups excluding carboxylic acids is 1. The van der Waals surface area contributed by atoms with E-state index in [2.05, 4.69) is 10.4 Å². The molecule has 6 nitrogen and oxygen atoms in total. The van der Waals surface area contributed by atoms with Crippen molar-refractivity contribution in [2.75, 3.05) is 5.32 Å². The van der Waals surface area contributed by atoms with Crippen LogP contribution in [0, 0.1) is 0 Å². The fourth-order valence-electron chi connectivity index (χ4n) is 2.89. The smallest absolute Gasteiger partial charge is 0.347 e. The molecule has 0 aliphatic carbocycles. The molecule has 0 saturated carbocycles. The van der Waals surface area contributed by atoms with E-state index in [0.717, 1.165) is 5.39 Å². The Hall–Kier alpha value is -3.12. The summed E-state index contributed by atoms with van der Waals surface area (Å²) in [6, 6.07) is 14.2. The highest BCUT2D eigenvalue weighted by molar-refractivity contribution is 6.30. The van der Waals surface area contributed by atoms with Crippen molar-refractivity contribution in [1.29, 1.82) is 0 Å². The maximum absolute atomic E-state index is 12.2. The van der Waals surface area contributed by atoms with Gasteiger partial charge in [0, 0.05) is 22.5 Å². The molecule has 7 heteroatoms. The molecule has 130 valence electrons. The number of benzene rings is 2. The quantitative estimate of drug-likeness (QED) is 0.556. The van der Waals surface area contributed by atoms with Crippen LogP contribution in [0.1, 0.15) is 6.42 Å². The molecule has 4 aromatic rings. The average molecular weight is 368 g/mol. The highest BCUT2D eigenvalue weighted by Gasteiger charge is 2.13. The first kappa shape index (κ1) is 16.4. The highest BCUT2D eigenvalue weighted by atomic mass is 35.5. The fraction of sp³-hybridized carbons (Fsp3) is 0.105. The van der Waals surface area contributed by atoms with E-state index >= 15 is 0 Å². The van der Waals surface area contributed by atoms with E-state index in [1.54, 1.807) is 41.1 Å². The number of rotatable bonds is 4. The Morgan fingerprint density at radius 1 is 1.15 bits per heavy atom. The zero-order chi connectivity index (χ0) is 18.1. The molecule has 1 amide bonds. The van der Waals surface area contributed by atoms with Crippen molar-refractivity contribution in [2.45, 2.75) is 13.0 Å². The number of amides is 1. The van der Waals surface area contributed by atoms with Gasteiger partial charge in [0.05, 0.1) is 18.3 Å². The lowest BCUT2D eigenvalue weighted by Crippen LogP contribution is -2.15. The van der Waals surface area contributed by atoms with Gasteiger partial charge in [0.2, 0.25) is 5.91 Å². The molecule has 26 heavy (non-hydrogen) atoms. The lowest BCUT2D eigenvalue weighted by molar-refractivity contribution is -0.116. The summed E-state index contributed by atoms with van der Waals surface area (Å²) in [5.74, 6) is -0.164. The predicted molar refractivity (Wildman–Crippen MR) is 100 cm³/mol. The van der Waals surface area contributed by atoms with Gasteiger partial charge in [0.25, 0.3) is 0 Å². The van der Waals surface area contributed by atoms with Gasteiger partial charge < -0.3 is 9.73 Å². The Labute approximate surface area is 153 Å². The molecular formula is C19H14ClN3O3. The van der Waals surface area contributed by atoms with Crippen LogP contribution in [0.15, 0.2) is 63.9 Å². The summed E-state index contributed by atoms with van der Waals surface area (Å²) in [4.78, 5) is 24.3. The second kappa shape index (κ2) is 6.65. The minimum absolute atomic E-state index is 0.164. The van der Waals surface area contributed by atoms with Crippen molar-refractivity contribution in [3.63, 3.8) is 0 Å². The molecule has 0 saturated heterocycles. The van der Waals surface area contributed by atoms with Crippen LogP contribution < -0.4 is 10.9 Å². The SMILES string of the molecule is O=C(CCn1ncc2c(=O)oc3ccccc3c21)Nc1cccc(Cl)c1. The van der Waals surface area contributed by atoms with Gasteiger partial charge in [-0.05, 0) is 30.3 Å². The minimum Gasteiger partial charge on any atom is -0.422 e. The van der Waals surface area contributed by atoms with Crippen LogP contribution in [0.2, 0.25) is 5.02 Å². The molecule has 1 N–H and O–H groups in total. The summed E-state index contributed by atoms with van der Waals surface area (Å²) in [6.07, 6.45) is 1.68. The van der Waals surface area contributed by atoms with Gasteiger partial charge in [-0.3, -0.25) is 9.48 Å². The third-order valence-electron chi connectivity index (χ3n) is 4.06. The van der Waals surface area contributed by atoms with Crippen molar-refractivity contribution in [3.8, 4) is 0 Å². The molecule has 0 atom stereocenters. The Kier molecular flexibility index (Phi) is 4.18. The number of fused-ring (bicyclic) bond motifs is 3. The summed E-state index contributed by atoms with van der Waals surface area (Å²) in [5.41, 5.74) is 1.37. The summed E-state index contributed by atoms with van der Waals surface area (Å²) in [5, 5.41) is 8.80. The molecule has 2 aromatic heterocycles. The third kappa shape index (κ3) is 3.07. The Morgan fingerprint density at radius 3 is 2.85 bits per heavy atom. The predicted octanol–water partition coefficient (Wildman–Crippen LogP) is 3.82. The van der Waals surface area contributed by atoms with E-state index in [-0.39, 0.29) is 12.3 Å². The van der Waals surface area contributed by atoms with Crippen molar-refractivity contribution in [2.24, 2.45) is 0 Å². The second-order valence-corrected chi connectivity index (χ2v) is 6.26. The maximum Gasteiger partial charge on any atom is 0.347 e. The zero-order valence-corrected chi connectivity index (χ0v) is 14.4. The molecule has 2 aromatic carbocycles. The minimum atomic E-state index is -0.437. The molecule has 0 radical (unpaired) electrons. The van der Waals surface area contributed by atoms with Gasteiger partial charge in [-0.15, -0.1) is 0 Å². The Bertz CT molecular complexity index is 1180. The summed E-state index contributed by atoms with van der Waals surface area (Å²) >= 11 is 5.92. The molecule has 0 unspecified atom stereocenters. The molecule has 0 aliphatic rings. The number of aromatic nitrogens is 2. The van der Waals surface area contributed by atoms with E-state index in [1.165, 1.54) is 6.20 Å². The van der Waals surface area contributed by atoms with Crippen LogP contribution in [-0.4, -0.2) is 15.7 Å². The summed E-state index contributed by atoms with van der Waals surface area (Å²) < 4.78 is 6.96. The monoisotopic (exact) mass is 367 g/mol. The number of hydrogen-bond acceptors (Lipinski definition) is 4. The Balaban J connectivity index is 1.60. The maximum atomic E-state index is 12.2. The third-order valence-corrected chi connectivity index (χ3v) is 4.30. The lowest BCUT2D eigenvalue weighted by Gasteiger charge is -2.07. The van der Waals surface area contributed by atoms with Crippen LogP contribution in [0.5, 0.6) is 0 Å². The number of halogens is 1. The number of anilines is 1. The molecule has 0 spiro atoms. The van der Waals surface area contributed by atoms with Crippen molar-refractivity contribution in [3.05, 3.63) is 70.2 Å². The van der Waals surface area contributed by atoms with Crippen LogP contribution in [0.25, 0.3) is 21.9 Å². The van der Waals surface area contributed by atoms with Crippen molar-refractivity contribution in [1.82, 2.24) is 9.78 Å². The van der Waals surface area contributed by atoms with Crippen LogP contribution in [0.4, 0.5) is 5.69 Å². The first-order chi connectivity index (χ1) is 12.6. The standard InChI is InChI=1S/C19H14ClN3O3/c20-12-4-3-5-13(10-12)22-17(24)8-9-23-18-14-6-1-2-7-16(14)26-19(25)15(18)11-21-23/h1-7,10-11H,8-9H2,(H,22,24). The van der Waals surface area contributed by atoms with Crippen LogP contribution >= 0.6 is 11.6 Å². The van der Waals surface area contributed by atoms with Gasteiger partial charge in [-0.1, -0.05) is 29.8 Å². The van der Waals surface area contributed by atoms with Crippen molar-refractivity contribution < 1.29 is 9.21 Å². The van der Waals surface area contributed by atoms with E-state index in [0.29, 0.717) is 33.7 Å². The second-order valence-electron chi connectivity index (χ2n) is 5.82.